The van der Waals surface area contributed by atoms with Crippen molar-refractivity contribution in [2.24, 2.45) is 0 Å². The van der Waals surface area contributed by atoms with Gasteiger partial charge in [0.05, 0.1) is 29.3 Å². The molecule has 0 atom stereocenters. The number of carbonyl (C=O) groups is 1. The first-order valence-electron chi connectivity index (χ1n) is 15.2. The summed E-state index contributed by atoms with van der Waals surface area (Å²) in [5, 5.41) is 13.6. The van der Waals surface area contributed by atoms with Crippen LogP contribution in [-0.2, 0) is 0 Å². The number of piperidine rings is 1. The molecule has 43 heavy (non-hydrogen) atoms. The van der Waals surface area contributed by atoms with Crippen molar-refractivity contribution in [3.8, 4) is 17.0 Å². The number of aryl methyl sites for hydroxylation is 1. The van der Waals surface area contributed by atoms with Gasteiger partial charge < -0.3 is 19.3 Å². The summed E-state index contributed by atoms with van der Waals surface area (Å²) in [7, 11) is 3.68. The number of likely N-dealkylation sites (tertiary alicyclic amines) is 1. The van der Waals surface area contributed by atoms with Gasteiger partial charge in [0, 0.05) is 17.3 Å². The summed E-state index contributed by atoms with van der Waals surface area (Å²) in [5.41, 5.74) is 3.24. The Morgan fingerprint density at radius 3 is 2.51 bits per heavy atom. The zero-order chi connectivity index (χ0) is 30.3. The number of nitrogens with one attached hydrogen (secondary N) is 1. The number of ether oxygens (including phenoxy) is 1. The summed E-state index contributed by atoms with van der Waals surface area (Å²) in [4.78, 5) is 25.5. The smallest absolute Gasteiger partial charge is 0.261 e. The van der Waals surface area contributed by atoms with Crippen LogP contribution >= 0.6 is 0 Å². The van der Waals surface area contributed by atoms with E-state index in [0.29, 0.717) is 41.7 Å². The molecule has 3 heterocycles. The van der Waals surface area contributed by atoms with E-state index in [0.717, 1.165) is 49.8 Å². The number of aliphatic hydroxyl groups is 1. The molecule has 0 unspecified atom stereocenters. The van der Waals surface area contributed by atoms with Crippen LogP contribution < -0.4 is 10.1 Å². The van der Waals surface area contributed by atoms with Crippen LogP contribution in [0.5, 0.6) is 5.75 Å². The molecule has 9 heteroatoms. The number of nitrogens with zero attached hydrogens (tertiary/aromatic N) is 4. The van der Waals surface area contributed by atoms with Crippen LogP contribution in [0.3, 0.4) is 0 Å². The Kier molecular flexibility index (Phi) is 7.96. The molecule has 1 aliphatic carbocycles. The van der Waals surface area contributed by atoms with E-state index in [4.69, 9.17) is 9.72 Å². The highest BCUT2D eigenvalue weighted by atomic mass is 19.1. The van der Waals surface area contributed by atoms with Gasteiger partial charge >= 0.3 is 0 Å². The molecule has 0 bridgehead atoms. The number of amides is 1. The van der Waals surface area contributed by atoms with Crippen molar-refractivity contribution in [2.45, 2.75) is 69.9 Å². The van der Waals surface area contributed by atoms with Gasteiger partial charge in [0.25, 0.3) is 5.91 Å². The predicted molar refractivity (Wildman–Crippen MR) is 166 cm³/mol. The third kappa shape index (κ3) is 5.88. The number of para-hydroxylation sites is 1. The number of rotatable bonds is 6. The number of pyridine rings is 1. The quantitative estimate of drug-likeness (QED) is 0.269. The van der Waals surface area contributed by atoms with Crippen LogP contribution in [0.1, 0.15) is 79.0 Å². The minimum absolute atomic E-state index is 0.0443. The molecule has 0 spiro atoms. The summed E-state index contributed by atoms with van der Waals surface area (Å²) >= 11 is 0. The van der Waals surface area contributed by atoms with Crippen LogP contribution in [0.25, 0.3) is 22.3 Å². The topological polar surface area (TPSA) is 92.5 Å². The lowest BCUT2D eigenvalue weighted by Gasteiger charge is -2.34. The summed E-state index contributed by atoms with van der Waals surface area (Å²) in [5.74, 6) is 0.0273. The highest BCUT2D eigenvalue weighted by molar-refractivity contribution is 6.05. The molecule has 2 aromatic heterocycles. The number of fused-ring (bicyclic) bond motifs is 1. The first kappa shape index (κ1) is 29.3. The van der Waals surface area contributed by atoms with Crippen molar-refractivity contribution in [1.82, 2.24) is 19.4 Å². The second-order valence-corrected chi connectivity index (χ2v) is 12.5. The fraction of sp³-hybridized carbons (Fsp3) is 0.441. The molecule has 1 amide bonds. The number of methoxy groups -OCH3 is 1. The van der Waals surface area contributed by atoms with Gasteiger partial charge in [0.15, 0.2) is 5.82 Å². The van der Waals surface area contributed by atoms with E-state index in [1.54, 1.807) is 31.2 Å². The number of hydrogen-bond donors (Lipinski definition) is 2. The Balaban J connectivity index is 1.38. The maximum Gasteiger partial charge on any atom is 0.261 e. The molecule has 8 nitrogen and oxygen atoms in total. The molecule has 226 valence electrons. The number of hydrogen-bond acceptors (Lipinski definition) is 6. The SMILES string of the molecule is COc1ccccc1-c1nc(C)cc(C(=O)Nc2nc3cc(C4CCN(C)CC4)ccc3n2C2CCC(C)(O)CC2)c1F. The lowest BCUT2D eigenvalue weighted by molar-refractivity contribution is 0.0106. The van der Waals surface area contributed by atoms with Gasteiger partial charge in [-0.1, -0.05) is 18.2 Å². The molecule has 0 radical (unpaired) electrons. The third-order valence-electron chi connectivity index (χ3n) is 9.22. The van der Waals surface area contributed by atoms with Crippen molar-refractivity contribution in [2.75, 3.05) is 32.6 Å². The Hall–Kier alpha value is -3.82. The minimum Gasteiger partial charge on any atom is -0.496 e. The van der Waals surface area contributed by atoms with E-state index in [-0.39, 0.29) is 17.3 Å². The van der Waals surface area contributed by atoms with Crippen molar-refractivity contribution in [1.29, 1.82) is 0 Å². The summed E-state index contributed by atoms with van der Waals surface area (Å²) in [6.45, 7) is 5.74. The molecule has 1 saturated heterocycles. The van der Waals surface area contributed by atoms with Crippen LogP contribution in [0, 0.1) is 12.7 Å². The average molecular weight is 586 g/mol. The Labute approximate surface area is 251 Å². The second-order valence-electron chi connectivity index (χ2n) is 12.5. The van der Waals surface area contributed by atoms with Gasteiger partial charge in [0.2, 0.25) is 5.95 Å². The van der Waals surface area contributed by atoms with Crippen molar-refractivity contribution < 1.29 is 19.0 Å². The monoisotopic (exact) mass is 585 g/mol. The molecule has 1 saturated carbocycles. The fourth-order valence-electron chi connectivity index (χ4n) is 6.66. The Morgan fingerprint density at radius 1 is 1.07 bits per heavy atom. The molecule has 1 aliphatic heterocycles. The largest absolute Gasteiger partial charge is 0.496 e. The average Bonchev–Trinajstić information content (AvgIpc) is 3.35. The number of aromatic nitrogens is 3. The zero-order valence-electron chi connectivity index (χ0n) is 25.4. The lowest BCUT2D eigenvalue weighted by Crippen LogP contribution is -2.32. The van der Waals surface area contributed by atoms with Crippen LogP contribution in [0.2, 0.25) is 0 Å². The van der Waals surface area contributed by atoms with E-state index in [1.165, 1.54) is 18.7 Å². The molecule has 4 aromatic rings. The van der Waals surface area contributed by atoms with Crippen LogP contribution in [-0.4, -0.2) is 63.3 Å². The third-order valence-corrected chi connectivity index (χ3v) is 9.22. The molecule has 6 rings (SSSR count). The zero-order valence-corrected chi connectivity index (χ0v) is 25.4. The van der Waals surface area contributed by atoms with Gasteiger partial charge in [-0.2, -0.15) is 0 Å². The van der Waals surface area contributed by atoms with Gasteiger partial charge in [0.1, 0.15) is 11.4 Å². The van der Waals surface area contributed by atoms with E-state index in [2.05, 4.69) is 45.0 Å². The van der Waals surface area contributed by atoms with Crippen LogP contribution in [0.15, 0.2) is 48.5 Å². The van der Waals surface area contributed by atoms with Crippen molar-refractivity contribution in [3.63, 3.8) is 0 Å². The number of anilines is 1. The molecular weight excluding hydrogens is 545 g/mol. The first-order chi connectivity index (χ1) is 20.6. The lowest BCUT2D eigenvalue weighted by atomic mass is 9.83. The Morgan fingerprint density at radius 2 is 1.79 bits per heavy atom. The summed E-state index contributed by atoms with van der Waals surface area (Å²) < 4.78 is 23.5. The van der Waals surface area contributed by atoms with E-state index < -0.39 is 17.3 Å². The Bertz CT molecular complexity index is 1650. The van der Waals surface area contributed by atoms with Crippen molar-refractivity contribution in [3.05, 3.63) is 71.2 Å². The van der Waals surface area contributed by atoms with Gasteiger partial charge in [-0.05, 0) is 114 Å². The number of benzene rings is 2. The maximum atomic E-state index is 16.0. The number of carbonyl (C=O) groups excluding carboxylic acids is 1. The van der Waals surface area contributed by atoms with E-state index in [1.807, 2.05) is 6.92 Å². The minimum atomic E-state index is -0.714. The second kappa shape index (κ2) is 11.7. The molecule has 2 aromatic carbocycles. The van der Waals surface area contributed by atoms with Gasteiger partial charge in [-0.3, -0.25) is 10.1 Å². The highest BCUT2D eigenvalue weighted by Crippen LogP contribution is 2.40. The normalized spacial score (nSPS) is 21.7. The van der Waals surface area contributed by atoms with Crippen LogP contribution in [0.4, 0.5) is 10.3 Å². The van der Waals surface area contributed by atoms with Gasteiger partial charge in [-0.15, -0.1) is 0 Å². The standard InChI is InChI=1S/C34H40FN5O3/c1-21-19-26(30(35)31(36-21)25-7-5-6-8-29(25)43-4)32(41)38-33-37-27-20-23(22-13-17-39(3)18-14-22)9-10-28(27)40(33)24-11-15-34(2,42)16-12-24/h5-10,19-20,22,24,42H,11-18H2,1-4H3,(H,37,38,41). The molecular formula is C34H40FN5O3. The summed E-state index contributed by atoms with van der Waals surface area (Å²) in [6.07, 6.45) is 4.99. The molecule has 2 fully saturated rings. The predicted octanol–water partition coefficient (Wildman–Crippen LogP) is 6.48. The van der Waals surface area contributed by atoms with E-state index in [9.17, 15) is 9.90 Å². The van der Waals surface area contributed by atoms with E-state index >= 15 is 4.39 Å². The highest BCUT2D eigenvalue weighted by Gasteiger charge is 2.32. The van der Waals surface area contributed by atoms with Gasteiger partial charge in [-0.25, -0.2) is 14.4 Å². The number of imidazole rings is 1. The number of halogens is 1. The molecule has 2 N–H and O–H groups in total. The summed E-state index contributed by atoms with van der Waals surface area (Å²) in [6, 6.07) is 15.0. The maximum absolute atomic E-state index is 16.0. The van der Waals surface area contributed by atoms with Crippen molar-refractivity contribution >= 4 is 22.9 Å². The first-order valence-corrected chi connectivity index (χ1v) is 15.2. The molecule has 2 aliphatic rings. The fourth-order valence-corrected chi connectivity index (χ4v) is 6.66.